The molecule has 1 aromatic heterocycles. The van der Waals surface area contributed by atoms with Crippen LogP contribution in [0.5, 0.6) is 5.75 Å². The second kappa shape index (κ2) is 8.79. The lowest BCUT2D eigenvalue weighted by Gasteiger charge is -2.24. The van der Waals surface area contributed by atoms with Gasteiger partial charge in [-0.15, -0.1) is 23.1 Å². The molecule has 1 atom stereocenters. The minimum atomic E-state index is -0.993. The molecule has 8 heteroatoms. The van der Waals surface area contributed by atoms with Gasteiger partial charge in [0.1, 0.15) is 16.0 Å². The molecule has 0 bridgehead atoms. The Morgan fingerprint density at radius 1 is 1.21 bits per heavy atom. The lowest BCUT2D eigenvalue weighted by atomic mass is 10.0. The number of phenolic OH excluding ortho intramolecular Hbond substituents is 1. The molecule has 28 heavy (non-hydrogen) atoms. The number of benzene rings is 1. The van der Waals surface area contributed by atoms with E-state index in [-0.39, 0.29) is 17.4 Å². The lowest BCUT2D eigenvalue weighted by Crippen LogP contribution is -2.37. The number of phenols is 1. The molecular formula is C20H23NO5S2. The van der Waals surface area contributed by atoms with Crippen LogP contribution in [0.2, 0.25) is 0 Å². The fourth-order valence-electron chi connectivity index (χ4n) is 2.45. The number of carbonyl (C=O) groups excluding carboxylic acids is 2. The third-order valence-electron chi connectivity index (χ3n) is 4.10. The number of carbonyl (C=O) groups is 3. The summed E-state index contributed by atoms with van der Waals surface area (Å²) in [4.78, 5) is 37.7. The monoisotopic (exact) mass is 421 g/mol. The third kappa shape index (κ3) is 5.14. The molecule has 6 nitrogen and oxygen atoms in total. The van der Waals surface area contributed by atoms with E-state index < -0.39 is 16.0 Å². The maximum Gasteiger partial charge on any atom is 0.316 e. The maximum atomic E-state index is 12.9. The molecule has 2 aromatic rings. The number of thiophene rings is 1. The van der Waals surface area contributed by atoms with Crippen LogP contribution in [-0.4, -0.2) is 37.9 Å². The predicted molar refractivity (Wildman–Crippen MR) is 113 cm³/mol. The van der Waals surface area contributed by atoms with Gasteiger partial charge < -0.3 is 15.5 Å². The molecule has 0 spiro atoms. The SMILES string of the molecule is CCc1cc(C(=O)c2ccc(O)cc2)c(NC(=O)C(C)(C)SC(C)C(=O)O)s1. The van der Waals surface area contributed by atoms with E-state index in [1.807, 2.05) is 6.92 Å². The first-order valence-corrected chi connectivity index (χ1v) is 10.4. The molecule has 0 aliphatic heterocycles. The van der Waals surface area contributed by atoms with Gasteiger partial charge in [-0.2, -0.15) is 0 Å². The molecule has 0 aliphatic carbocycles. The number of ketones is 1. The summed E-state index contributed by atoms with van der Waals surface area (Å²) in [7, 11) is 0. The van der Waals surface area contributed by atoms with Crippen molar-refractivity contribution < 1.29 is 24.6 Å². The fourth-order valence-corrected chi connectivity index (χ4v) is 4.58. The average Bonchev–Trinajstić information content (AvgIpc) is 3.04. The van der Waals surface area contributed by atoms with Crippen LogP contribution in [-0.2, 0) is 16.0 Å². The highest BCUT2D eigenvalue weighted by atomic mass is 32.2. The summed E-state index contributed by atoms with van der Waals surface area (Å²) in [5.74, 6) is -1.54. The Kier molecular flexibility index (Phi) is 6.90. The molecule has 150 valence electrons. The summed E-state index contributed by atoms with van der Waals surface area (Å²) in [6.45, 7) is 6.80. The minimum Gasteiger partial charge on any atom is -0.508 e. The van der Waals surface area contributed by atoms with E-state index in [2.05, 4.69) is 5.32 Å². The smallest absolute Gasteiger partial charge is 0.316 e. The highest BCUT2D eigenvalue weighted by Gasteiger charge is 2.33. The number of hydrogen-bond donors (Lipinski definition) is 3. The van der Waals surface area contributed by atoms with E-state index in [4.69, 9.17) is 5.11 Å². The van der Waals surface area contributed by atoms with Crippen LogP contribution in [0, 0.1) is 0 Å². The first-order chi connectivity index (χ1) is 13.0. The largest absolute Gasteiger partial charge is 0.508 e. The Morgan fingerprint density at radius 3 is 2.36 bits per heavy atom. The van der Waals surface area contributed by atoms with E-state index in [0.717, 1.165) is 16.6 Å². The number of amides is 1. The zero-order chi connectivity index (χ0) is 21.1. The topological polar surface area (TPSA) is 104 Å². The second-order valence-electron chi connectivity index (χ2n) is 6.75. The number of aryl methyl sites for hydroxylation is 1. The molecule has 0 saturated heterocycles. The van der Waals surface area contributed by atoms with Crippen molar-refractivity contribution >= 4 is 45.8 Å². The van der Waals surface area contributed by atoms with Gasteiger partial charge in [-0.25, -0.2) is 0 Å². The summed E-state index contributed by atoms with van der Waals surface area (Å²) in [5.41, 5.74) is 0.787. The second-order valence-corrected chi connectivity index (χ2v) is 9.85. The number of aliphatic carboxylic acids is 1. The van der Waals surface area contributed by atoms with Gasteiger partial charge in [0.25, 0.3) is 0 Å². The number of aromatic hydroxyl groups is 1. The van der Waals surface area contributed by atoms with Crippen molar-refractivity contribution in [2.75, 3.05) is 5.32 Å². The Labute approximate surface area is 172 Å². The highest BCUT2D eigenvalue weighted by Crippen LogP contribution is 2.34. The first-order valence-electron chi connectivity index (χ1n) is 8.73. The van der Waals surface area contributed by atoms with E-state index in [1.54, 1.807) is 19.9 Å². The van der Waals surface area contributed by atoms with Gasteiger partial charge in [-0.3, -0.25) is 14.4 Å². The van der Waals surface area contributed by atoms with Gasteiger partial charge in [0.2, 0.25) is 5.91 Å². The van der Waals surface area contributed by atoms with Gasteiger partial charge in [-0.1, -0.05) is 6.92 Å². The summed E-state index contributed by atoms with van der Waals surface area (Å²) in [6.07, 6.45) is 0.713. The van der Waals surface area contributed by atoms with Crippen LogP contribution in [0.1, 0.15) is 48.5 Å². The van der Waals surface area contributed by atoms with E-state index in [9.17, 15) is 19.5 Å². The fraction of sp³-hybridized carbons (Fsp3) is 0.350. The molecule has 1 aromatic carbocycles. The molecule has 0 aliphatic rings. The van der Waals surface area contributed by atoms with Gasteiger partial charge in [-0.05, 0) is 57.5 Å². The van der Waals surface area contributed by atoms with E-state index in [1.165, 1.54) is 42.5 Å². The maximum absolute atomic E-state index is 12.9. The summed E-state index contributed by atoms with van der Waals surface area (Å²) in [6, 6.07) is 7.69. The van der Waals surface area contributed by atoms with Crippen LogP contribution in [0.15, 0.2) is 30.3 Å². The summed E-state index contributed by atoms with van der Waals surface area (Å²) in [5, 5.41) is 21.0. The van der Waals surface area contributed by atoms with Crippen molar-refractivity contribution in [2.45, 2.75) is 44.1 Å². The van der Waals surface area contributed by atoms with Crippen molar-refractivity contribution in [1.29, 1.82) is 0 Å². The van der Waals surface area contributed by atoms with Crippen LogP contribution < -0.4 is 5.32 Å². The van der Waals surface area contributed by atoms with Crippen molar-refractivity contribution in [3.05, 3.63) is 46.3 Å². The van der Waals surface area contributed by atoms with Crippen molar-refractivity contribution in [2.24, 2.45) is 0 Å². The number of anilines is 1. The Morgan fingerprint density at radius 2 is 1.82 bits per heavy atom. The van der Waals surface area contributed by atoms with Crippen molar-refractivity contribution in [3.8, 4) is 5.75 Å². The molecule has 2 rings (SSSR count). The van der Waals surface area contributed by atoms with Crippen LogP contribution >= 0.6 is 23.1 Å². The summed E-state index contributed by atoms with van der Waals surface area (Å²) >= 11 is 2.37. The van der Waals surface area contributed by atoms with Gasteiger partial charge >= 0.3 is 5.97 Å². The Hall–Kier alpha value is -2.32. The molecule has 3 N–H and O–H groups in total. The predicted octanol–water partition coefficient (Wildman–Crippen LogP) is 4.17. The zero-order valence-corrected chi connectivity index (χ0v) is 17.7. The van der Waals surface area contributed by atoms with Crippen LogP contribution in [0.4, 0.5) is 5.00 Å². The number of thioether (sulfide) groups is 1. The van der Waals surface area contributed by atoms with E-state index in [0.29, 0.717) is 22.5 Å². The Balaban J connectivity index is 2.29. The lowest BCUT2D eigenvalue weighted by molar-refractivity contribution is -0.136. The Bertz CT molecular complexity index is 887. The van der Waals surface area contributed by atoms with Crippen LogP contribution in [0.25, 0.3) is 0 Å². The van der Waals surface area contributed by atoms with Gasteiger partial charge in [0.15, 0.2) is 5.78 Å². The zero-order valence-electron chi connectivity index (χ0n) is 16.1. The van der Waals surface area contributed by atoms with E-state index >= 15 is 0 Å². The number of carboxylic acid groups (broad SMARTS) is 1. The summed E-state index contributed by atoms with van der Waals surface area (Å²) < 4.78 is -0.993. The number of carboxylic acids is 1. The minimum absolute atomic E-state index is 0.0657. The van der Waals surface area contributed by atoms with Crippen molar-refractivity contribution in [1.82, 2.24) is 0 Å². The molecule has 0 fully saturated rings. The van der Waals surface area contributed by atoms with Gasteiger partial charge in [0, 0.05) is 10.4 Å². The average molecular weight is 422 g/mol. The molecule has 1 heterocycles. The molecule has 0 radical (unpaired) electrons. The quantitative estimate of drug-likeness (QED) is 0.553. The normalized spacial score (nSPS) is 12.4. The standard InChI is InChI=1S/C20H23NO5S2/c1-5-14-10-15(16(23)12-6-8-13(22)9-7-12)17(27-14)21-19(26)20(3,4)28-11(2)18(24)25/h6-11,22H,5H2,1-4H3,(H,21,26)(H,24,25). The van der Waals surface area contributed by atoms with Gasteiger partial charge in [0.05, 0.1) is 10.3 Å². The molecule has 0 saturated carbocycles. The number of nitrogens with one attached hydrogen (secondary N) is 1. The first kappa shape index (κ1) is 22.0. The molecule has 1 unspecified atom stereocenters. The third-order valence-corrected chi connectivity index (χ3v) is 6.62. The molecule has 1 amide bonds. The number of rotatable bonds is 8. The number of hydrogen-bond acceptors (Lipinski definition) is 6. The van der Waals surface area contributed by atoms with Crippen molar-refractivity contribution in [3.63, 3.8) is 0 Å². The van der Waals surface area contributed by atoms with Crippen LogP contribution in [0.3, 0.4) is 0 Å². The molecular weight excluding hydrogens is 398 g/mol. The highest BCUT2D eigenvalue weighted by molar-refractivity contribution is 8.02.